The van der Waals surface area contributed by atoms with Crippen LogP contribution in [0.25, 0.3) is 5.69 Å². The molecule has 2 aromatic carbocycles. The summed E-state index contributed by atoms with van der Waals surface area (Å²) in [6.07, 6.45) is -4.14. The normalized spacial score (nSPS) is 11.6. The molecule has 176 valence electrons. The van der Waals surface area contributed by atoms with Crippen molar-refractivity contribution in [2.45, 2.75) is 33.4 Å². The molecule has 0 aliphatic rings. The van der Waals surface area contributed by atoms with Gasteiger partial charge < -0.3 is 0 Å². The third kappa shape index (κ3) is 4.97. The summed E-state index contributed by atoms with van der Waals surface area (Å²) in [6, 6.07) is 10.5. The van der Waals surface area contributed by atoms with Crippen molar-refractivity contribution in [3.63, 3.8) is 0 Å². The number of hydrogen-bond acceptors (Lipinski definition) is 5. The third-order valence-corrected chi connectivity index (χ3v) is 6.55. The maximum atomic E-state index is 13.0. The number of hydrogen-bond donors (Lipinski definition) is 1. The fourth-order valence-electron chi connectivity index (χ4n) is 3.42. The van der Waals surface area contributed by atoms with Crippen LogP contribution in [-0.4, -0.2) is 25.9 Å². The molecular weight excluding hydrogens is 487 g/mol. The number of nitrogens with one attached hydrogen (secondary N) is 1. The van der Waals surface area contributed by atoms with E-state index in [1.54, 1.807) is 36.7 Å². The van der Waals surface area contributed by atoms with Crippen molar-refractivity contribution in [1.29, 1.82) is 0 Å². The Bertz CT molecular complexity index is 1380. The van der Waals surface area contributed by atoms with Crippen LogP contribution in [0.4, 0.5) is 18.3 Å². The van der Waals surface area contributed by atoms with Gasteiger partial charge >= 0.3 is 6.18 Å². The Labute approximate surface area is 202 Å². The number of aromatic nitrogens is 4. The number of halogens is 4. The molecular formula is C23H19ClF3N5OS. The highest BCUT2D eigenvalue weighted by Gasteiger charge is 2.30. The summed E-state index contributed by atoms with van der Waals surface area (Å²) in [5.74, 6) is -0.484. The number of carbonyl (C=O) groups is 1. The molecule has 4 aromatic rings. The van der Waals surface area contributed by atoms with Gasteiger partial charge in [-0.05, 0) is 50.1 Å². The topological polar surface area (TPSA) is 72.7 Å². The molecule has 34 heavy (non-hydrogen) atoms. The largest absolute Gasteiger partial charge is 0.416 e. The van der Waals surface area contributed by atoms with Gasteiger partial charge in [0.15, 0.2) is 10.8 Å². The number of rotatable bonds is 5. The molecule has 1 amide bonds. The van der Waals surface area contributed by atoms with Gasteiger partial charge in [0.25, 0.3) is 5.91 Å². The number of amides is 1. The summed E-state index contributed by atoms with van der Waals surface area (Å²) < 4.78 is 40.6. The van der Waals surface area contributed by atoms with E-state index < -0.39 is 17.6 Å². The zero-order valence-electron chi connectivity index (χ0n) is 18.4. The van der Waals surface area contributed by atoms with Crippen LogP contribution in [0.2, 0.25) is 5.02 Å². The number of aryl methyl sites for hydroxylation is 2. The van der Waals surface area contributed by atoms with E-state index in [1.165, 1.54) is 17.4 Å². The lowest BCUT2D eigenvalue weighted by Gasteiger charge is -2.08. The van der Waals surface area contributed by atoms with Crippen LogP contribution in [0.15, 0.2) is 42.5 Å². The van der Waals surface area contributed by atoms with Gasteiger partial charge in [-0.25, -0.2) is 9.67 Å². The van der Waals surface area contributed by atoms with Crippen molar-refractivity contribution in [3.05, 3.63) is 86.1 Å². The summed E-state index contributed by atoms with van der Waals surface area (Å²) in [7, 11) is 0. The summed E-state index contributed by atoms with van der Waals surface area (Å²) in [5.41, 5.74) is 2.73. The Morgan fingerprint density at radius 2 is 1.91 bits per heavy atom. The average Bonchev–Trinajstić information content (AvgIpc) is 3.31. The number of benzene rings is 2. The summed E-state index contributed by atoms with van der Waals surface area (Å²) in [6.45, 7) is 5.37. The molecule has 0 bridgehead atoms. The van der Waals surface area contributed by atoms with E-state index in [2.05, 4.69) is 20.6 Å². The van der Waals surface area contributed by atoms with Gasteiger partial charge in [-0.15, -0.1) is 16.4 Å². The van der Waals surface area contributed by atoms with Crippen molar-refractivity contribution in [2.24, 2.45) is 0 Å². The van der Waals surface area contributed by atoms with E-state index in [1.807, 2.05) is 13.0 Å². The Morgan fingerprint density at radius 3 is 2.65 bits per heavy atom. The van der Waals surface area contributed by atoms with Gasteiger partial charge in [0.05, 0.1) is 22.6 Å². The lowest BCUT2D eigenvalue weighted by molar-refractivity contribution is -0.137. The number of carbonyl (C=O) groups excluding carboxylic acids is 1. The third-order valence-electron chi connectivity index (χ3n) is 5.24. The Balaban J connectivity index is 1.53. The maximum absolute atomic E-state index is 13.0. The van der Waals surface area contributed by atoms with Crippen LogP contribution in [0, 0.1) is 20.8 Å². The van der Waals surface area contributed by atoms with Gasteiger partial charge in [0.2, 0.25) is 0 Å². The smallest absolute Gasteiger partial charge is 0.296 e. The van der Waals surface area contributed by atoms with Crippen LogP contribution in [0.1, 0.15) is 43.4 Å². The van der Waals surface area contributed by atoms with Gasteiger partial charge in [-0.2, -0.15) is 13.2 Å². The van der Waals surface area contributed by atoms with Crippen LogP contribution < -0.4 is 5.32 Å². The summed E-state index contributed by atoms with van der Waals surface area (Å²) in [4.78, 5) is 18.0. The molecule has 0 saturated carbocycles. The van der Waals surface area contributed by atoms with Gasteiger partial charge in [-0.3, -0.25) is 10.1 Å². The fraction of sp³-hybridized carbons (Fsp3) is 0.217. The van der Waals surface area contributed by atoms with E-state index >= 15 is 0 Å². The summed E-state index contributed by atoms with van der Waals surface area (Å²) >= 11 is 7.31. The molecule has 11 heteroatoms. The van der Waals surface area contributed by atoms with Crippen molar-refractivity contribution in [3.8, 4) is 5.69 Å². The first kappa shape index (κ1) is 23.9. The molecule has 0 radical (unpaired) electrons. The molecule has 2 heterocycles. The quantitative estimate of drug-likeness (QED) is 0.352. The van der Waals surface area contributed by atoms with Crippen LogP contribution in [-0.2, 0) is 12.6 Å². The van der Waals surface area contributed by atoms with E-state index in [4.69, 9.17) is 11.6 Å². The number of anilines is 1. The molecule has 0 fully saturated rings. The average molecular weight is 506 g/mol. The van der Waals surface area contributed by atoms with Crippen molar-refractivity contribution >= 4 is 34.0 Å². The number of thiazole rings is 1. The molecule has 0 aliphatic carbocycles. The SMILES string of the molecule is Cc1ccc(Cl)cc1-n1nnc(C(=O)Nc2nc(C)c(Cc3cccc(C(F)(F)F)c3)s2)c1C. The molecule has 0 atom stereocenters. The van der Waals surface area contributed by atoms with E-state index in [0.717, 1.165) is 22.6 Å². The molecule has 0 unspecified atom stereocenters. The van der Waals surface area contributed by atoms with Crippen molar-refractivity contribution < 1.29 is 18.0 Å². The Morgan fingerprint density at radius 1 is 1.15 bits per heavy atom. The van der Waals surface area contributed by atoms with Gasteiger partial charge in [0, 0.05) is 16.3 Å². The first-order valence-corrected chi connectivity index (χ1v) is 11.3. The minimum absolute atomic E-state index is 0.131. The second-order valence-electron chi connectivity index (χ2n) is 7.72. The highest BCUT2D eigenvalue weighted by atomic mass is 35.5. The monoisotopic (exact) mass is 505 g/mol. The Hall–Kier alpha value is -3.24. The number of alkyl halides is 3. The molecule has 6 nitrogen and oxygen atoms in total. The standard InChI is InChI=1S/C23H19ClF3N5OS/c1-12-7-8-17(24)11-18(12)32-14(3)20(30-31-32)21(33)29-22-28-13(2)19(34-22)10-15-5-4-6-16(9-15)23(25,26)27/h4-9,11H,10H2,1-3H3,(H,28,29,33). The predicted molar refractivity (Wildman–Crippen MR) is 125 cm³/mol. The first-order valence-electron chi connectivity index (χ1n) is 10.2. The minimum atomic E-state index is -4.41. The first-order chi connectivity index (χ1) is 16.0. The van der Waals surface area contributed by atoms with Gasteiger partial charge in [-0.1, -0.05) is 41.1 Å². The second-order valence-corrected chi connectivity index (χ2v) is 9.24. The highest BCUT2D eigenvalue weighted by molar-refractivity contribution is 7.15. The van der Waals surface area contributed by atoms with E-state index in [0.29, 0.717) is 32.8 Å². The summed E-state index contributed by atoms with van der Waals surface area (Å²) in [5, 5.41) is 11.7. The predicted octanol–water partition coefficient (Wildman–Crippen LogP) is 6.16. The molecule has 0 spiro atoms. The van der Waals surface area contributed by atoms with Crippen LogP contribution in [0.3, 0.4) is 0 Å². The molecule has 1 N–H and O–H groups in total. The lowest BCUT2D eigenvalue weighted by Crippen LogP contribution is -2.14. The molecule has 0 saturated heterocycles. The lowest BCUT2D eigenvalue weighted by atomic mass is 10.1. The second kappa shape index (κ2) is 9.19. The van der Waals surface area contributed by atoms with Crippen molar-refractivity contribution in [2.75, 3.05) is 5.32 Å². The number of nitrogens with zero attached hydrogens (tertiary/aromatic N) is 4. The highest BCUT2D eigenvalue weighted by Crippen LogP contribution is 2.31. The van der Waals surface area contributed by atoms with Crippen LogP contribution >= 0.6 is 22.9 Å². The zero-order chi connectivity index (χ0) is 24.6. The Kier molecular flexibility index (Phi) is 6.46. The van der Waals surface area contributed by atoms with Gasteiger partial charge in [0.1, 0.15) is 0 Å². The van der Waals surface area contributed by atoms with E-state index in [9.17, 15) is 18.0 Å². The molecule has 4 rings (SSSR count). The van der Waals surface area contributed by atoms with Crippen molar-refractivity contribution in [1.82, 2.24) is 20.0 Å². The zero-order valence-corrected chi connectivity index (χ0v) is 19.9. The molecule has 0 aliphatic heterocycles. The fourth-order valence-corrected chi connectivity index (χ4v) is 4.58. The molecule has 2 aromatic heterocycles. The van der Waals surface area contributed by atoms with E-state index in [-0.39, 0.29) is 12.1 Å². The maximum Gasteiger partial charge on any atom is 0.416 e. The van der Waals surface area contributed by atoms with Crippen LogP contribution in [0.5, 0.6) is 0 Å². The minimum Gasteiger partial charge on any atom is -0.296 e.